The van der Waals surface area contributed by atoms with Gasteiger partial charge in [-0.1, -0.05) is 0 Å². The zero-order chi connectivity index (χ0) is 21.8. The minimum Gasteiger partial charge on any atom is -0.480 e. The van der Waals surface area contributed by atoms with E-state index in [1.54, 1.807) is 0 Å². The summed E-state index contributed by atoms with van der Waals surface area (Å²) in [6.07, 6.45) is 6.69. The van der Waals surface area contributed by atoms with Crippen molar-refractivity contribution in [1.82, 2.24) is 10.2 Å². The predicted molar refractivity (Wildman–Crippen MR) is 94.3 cm³/mol. The number of nitrogens with one attached hydrogen (secondary N) is 1. The highest BCUT2D eigenvalue weighted by Crippen LogP contribution is 2.39. The fourth-order valence-electron chi connectivity index (χ4n) is 3.21. The third-order valence-electron chi connectivity index (χ3n) is 5.17. The molecule has 0 aromatic carbocycles. The molecule has 156 valence electrons. The van der Waals surface area contributed by atoms with E-state index in [0.29, 0.717) is 31.8 Å². The summed E-state index contributed by atoms with van der Waals surface area (Å²) in [4.78, 5) is 66.5. The molecule has 2 aliphatic carbocycles. The first-order chi connectivity index (χ1) is 13.5. The van der Waals surface area contributed by atoms with E-state index < -0.39 is 46.7 Å². The topological polar surface area (TPSA) is 178 Å². The molecule has 0 atom stereocenters. The highest BCUT2D eigenvalue weighted by Gasteiger charge is 2.54. The number of aliphatic carboxylic acids is 3. The molecule has 0 radical (unpaired) electrons. The largest absolute Gasteiger partial charge is 0.480 e. The van der Waals surface area contributed by atoms with E-state index in [2.05, 4.69) is 5.32 Å². The second-order valence-corrected chi connectivity index (χ2v) is 6.94. The molecule has 4 N–H and O–H groups in total. The summed E-state index contributed by atoms with van der Waals surface area (Å²) in [6.45, 7) is 0. The Kier molecular flexibility index (Phi) is 6.20. The molecule has 2 fully saturated rings. The van der Waals surface area contributed by atoms with Crippen molar-refractivity contribution in [2.45, 2.75) is 49.6 Å². The second-order valence-electron chi connectivity index (χ2n) is 6.94. The van der Waals surface area contributed by atoms with E-state index in [1.807, 2.05) is 0 Å². The molecule has 0 saturated heterocycles. The zero-order valence-electron chi connectivity index (χ0n) is 15.3. The number of carbonyl (C=O) groups excluding carboxylic acids is 3. The lowest BCUT2D eigenvalue weighted by Gasteiger charge is -2.43. The van der Waals surface area contributed by atoms with Crippen LogP contribution in [0.1, 0.15) is 38.5 Å². The predicted octanol–water partition coefficient (Wildman–Crippen LogP) is -0.331. The molecule has 3 rings (SSSR count). The average molecular weight is 408 g/mol. The molecular weight excluding hydrogens is 388 g/mol. The van der Waals surface area contributed by atoms with Crippen LogP contribution < -0.4 is 5.32 Å². The van der Waals surface area contributed by atoms with Crippen molar-refractivity contribution in [1.29, 1.82) is 0 Å². The number of nitrogens with zero attached hydrogens (tertiary/aromatic N) is 1. The summed E-state index contributed by atoms with van der Waals surface area (Å²) in [6, 6.07) is 0. The Bertz CT molecular complexity index is 801. The van der Waals surface area contributed by atoms with Gasteiger partial charge in [-0.15, -0.1) is 0 Å². The number of amides is 3. The van der Waals surface area contributed by atoms with Crippen molar-refractivity contribution >= 4 is 35.6 Å². The van der Waals surface area contributed by atoms with Crippen molar-refractivity contribution in [2.75, 3.05) is 0 Å². The molecule has 1 heterocycles. The van der Waals surface area contributed by atoms with Crippen molar-refractivity contribution < 1.29 is 44.1 Å². The summed E-state index contributed by atoms with van der Waals surface area (Å²) >= 11 is 0. The van der Waals surface area contributed by atoms with Crippen LogP contribution in [0.2, 0.25) is 0 Å². The number of carboxylic acids is 3. The van der Waals surface area contributed by atoms with Crippen LogP contribution in [-0.4, -0.2) is 66.9 Å². The molecule has 1 aliphatic heterocycles. The Labute approximate surface area is 164 Å². The van der Waals surface area contributed by atoms with Crippen LogP contribution in [0.15, 0.2) is 24.3 Å². The number of rotatable bonds is 6. The fourth-order valence-corrected chi connectivity index (χ4v) is 3.21. The van der Waals surface area contributed by atoms with Gasteiger partial charge in [0.2, 0.25) is 5.91 Å². The maximum atomic E-state index is 11.3. The Morgan fingerprint density at radius 1 is 0.862 bits per heavy atom. The Balaban J connectivity index is 0.000000207. The third kappa shape index (κ3) is 4.33. The number of carboxylic acid groups (broad SMARTS) is 3. The first-order valence-corrected chi connectivity index (χ1v) is 8.80. The highest BCUT2D eigenvalue weighted by molar-refractivity contribution is 6.15. The first kappa shape index (κ1) is 21.8. The minimum atomic E-state index is -1.27. The highest BCUT2D eigenvalue weighted by atomic mass is 16.4. The first-order valence-electron chi connectivity index (χ1n) is 8.80. The summed E-state index contributed by atoms with van der Waals surface area (Å²) in [5.74, 6) is -5.14. The van der Waals surface area contributed by atoms with Crippen molar-refractivity contribution in [3.63, 3.8) is 0 Å². The summed E-state index contributed by atoms with van der Waals surface area (Å²) < 4.78 is 0. The maximum Gasteiger partial charge on any atom is 0.330 e. The smallest absolute Gasteiger partial charge is 0.330 e. The van der Waals surface area contributed by atoms with Gasteiger partial charge in [0.05, 0.1) is 0 Å². The van der Waals surface area contributed by atoms with E-state index in [4.69, 9.17) is 15.3 Å². The molecule has 2 saturated carbocycles. The molecular formula is C18H20N2O9. The molecule has 0 spiro atoms. The van der Waals surface area contributed by atoms with E-state index in [9.17, 15) is 28.8 Å². The molecule has 3 amide bonds. The van der Waals surface area contributed by atoms with Crippen LogP contribution in [0.4, 0.5) is 0 Å². The fraction of sp³-hybridized carbons (Fsp3) is 0.444. The standard InChI is InChI=1S/C9H11NO5.C9H9NO4/c11-6(2-3-7(12)13)10-9(8(14)15)4-1-5-9;11-6-2-3-7(12)10(6)9(8(13)14)4-1-5-9/h2-3H,1,4-5H2,(H,10,11)(H,12,13)(H,14,15);2-3H,1,4-5H2,(H,13,14)/b3-2-;. The third-order valence-corrected chi connectivity index (χ3v) is 5.17. The van der Waals surface area contributed by atoms with Gasteiger partial charge in [-0.2, -0.15) is 0 Å². The molecule has 0 aromatic heterocycles. The molecule has 3 aliphatic rings. The molecule has 11 heteroatoms. The molecule has 11 nitrogen and oxygen atoms in total. The van der Waals surface area contributed by atoms with Crippen molar-refractivity contribution in [2.24, 2.45) is 0 Å². The maximum absolute atomic E-state index is 11.3. The summed E-state index contributed by atoms with van der Waals surface area (Å²) in [7, 11) is 0. The Morgan fingerprint density at radius 2 is 1.38 bits per heavy atom. The van der Waals surface area contributed by atoms with Gasteiger partial charge in [0.15, 0.2) is 0 Å². The average Bonchev–Trinajstić information content (AvgIpc) is 2.88. The van der Waals surface area contributed by atoms with Crippen molar-refractivity contribution in [3.8, 4) is 0 Å². The lowest BCUT2D eigenvalue weighted by molar-refractivity contribution is -0.168. The molecule has 29 heavy (non-hydrogen) atoms. The van der Waals surface area contributed by atoms with Gasteiger partial charge in [-0.3, -0.25) is 19.3 Å². The molecule has 0 bridgehead atoms. The lowest BCUT2D eigenvalue weighted by Crippen LogP contribution is -2.61. The number of imide groups is 1. The minimum absolute atomic E-state index is 0.363. The van der Waals surface area contributed by atoms with E-state index in [-0.39, 0.29) is 0 Å². The SMILES string of the molecule is O=C(O)/C=C\C(=O)NC1(C(=O)O)CCC1.O=C1C=CC(=O)N1C1(C(=O)O)CCC1. The summed E-state index contributed by atoms with van der Waals surface area (Å²) in [5, 5.41) is 28.4. The lowest BCUT2D eigenvalue weighted by atomic mass is 9.75. The number of carbonyl (C=O) groups is 6. The van der Waals surface area contributed by atoms with Gasteiger partial charge in [0.25, 0.3) is 11.8 Å². The number of hydrogen-bond donors (Lipinski definition) is 4. The van der Waals surface area contributed by atoms with Gasteiger partial charge in [0.1, 0.15) is 11.1 Å². The monoisotopic (exact) mass is 408 g/mol. The van der Waals surface area contributed by atoms with Gasteiger partial charge in [0, 0.05) is 24.3 Å². The zero-order valence-corrected chi connectivity index (χ0v) is 15.3. The normalized spacial score (nSPS) is 20.9. The van der Waals surface area contributed by atoms with E-state index in [1.165, 1.54) is 0 Å². The van der Waals surface area contributed by atoms with Crippen LogP contribution in [0.3, 0.4) is 0 Å². The Hall–Kier alpha value is -3.50. The van der Waals surface area contributed by atoms with E-state index in [0.717, 1.165) is 36.0 Å². The molecule has 0 aromatic rings. The van der Waals surface area contributed by atoms with Crippen LogP contribution in [0.5, 0.6) is 0 Å². The summed E-state index contributed by atoms with van der Waals surface area (Å²) in [5.41, 5.74) is -2.46. The molecule has 0 unspecified atom stereocenters. The van der Waals surface area contributed by atoms with Gasteiger partial charge in [-0.05, 0) is 38.5 Å². The van der Waals surface area contributed by atoms with Crippen LogP contribution in [0, 0.1) is 0 Å². The Morgan fingerprint density at radius 3 is 1.69 bits per heavy atom. The van der Waals surface area contributed by atoms with Gasteiger partial charge in [-0.25, -0.2) is 14.4 Å². The second kappa shape index (κ2) is 8.25. The quantitative estimate of drug-likeness (QED) is 0.338. The van der Waals surface area contributed by atoms with E-state index >= 15 is 0 Å². The van der Waals surface area contributed by atoms with Crippen LogP contribution >= 0.6 is 0 Å². The van der Waals surface area contributed by atoms with Crippen LogP contribution in [-0.2, 0) is 28.8 Å². The van der Waals surface area contributed by atoms with Crippen molar-refractivity contribution in [3.05, 3.63) is 24.3 Å². The van der Waals surface area contributed by atoms with Crippen LogP contribution in [0.25, 0.3) is 0 Å². The van der Waals surface area contributed by atoms with Gasteiger partial charge >= 0.3 is 17.9 Å². The number of hydrogen-bond acceptors (Lipinski definition) is 6. The van der Waals surface area contributed by atoms with Gasteiger partial charge < -0.3 is 20.6 Å².